The highest BCUT2D eigenvalue weighted by molar-refractivity contribution is 5.77. The molecule has 0 aromatic carbocycles. The van der Waals surface area contributed by atoms with E-state index in [0.29, 0.717) is 12.0 Å². The predicted molar refractivity (Wildman–Crippen MR) is 34.9 cm³/mol. The maximum atomic E-state index is 10.1. The summed E-state index contributed by atoms with van der Waals surface area (Å²) < 4.78 is 0. The van der Waals surface area contributed by atoms with Gasteiger partial charge in [0.05, 0.1) is 5.70 Å². The lowest BCUT2D eigenvalue weighted by molar-refractivity contribution is -0.105. The Morgan fingerprint density at radius 2 is 2.44 bits per heavy atom. The van der Waals surface area contributed by atoms with Crippen LogP contribution in [0.2, 0.25) is 0 Å². The number of hydrogen-bond acceptors (Lipinski definition) is 3. The molecule has 3 nitrogen and oxygen atoms in total. The molecule has 1 rings (SSSR count). The average molecular weight is 122 g/mol. The number of allylic oxidation sites excluding steroid dienone is 4. The van der Waals surface area contributed by atoms with Crippen molar-refractivity contribution in [2.24, 2.45) is 5.10 Å². The van der Waals surface area contributed by atoms with Gasteiger partial charge in [0.1, 0.15) is 0 Å². The van der Waals surface area contributed by atoms with Crippen LogP contribution < -0.4 is 5.43 Å². The molecule has 0 bridgehead atoms. The third-order valence-electron chi connectivity index (χ3n) is 0.868. The summed E-state index contributed by atoms with van der Waals surface area (Å²) in [6, 6.07) is 0. The van der Waals surface area contributed by atoms with E-state index in [-0.39, 0.29) is 0 Å². The lowest BCUT2D eigenvalue weighted by Gasteiger charge is -1.90. The van der Waals surface area contributed by atoms with Gasteiger partial charge in [-0.2, -0.15) is 5.10 Å². The zero-order valence-corrected chi connectivity index (χ0v) is 4.74. The van der Waals surface area contributed by atoms with Crippen molar-refractivity contribution >= 4 is 12.5 Å². The van der Waals surface area contributed by atoms with E-state index in [4.69, 9.17) is 0 Å². The first-order valence-corrected chi connectivity index (χ1v) is 2.54. The van der Waals surface area contributed by atoms with Crippen LogP contribution in [-0.2, 0) is 4.79 Å². The Hall–Kier alpha value is -1.38. The molecule has 1 aliphatic rings. The van der Waals surface area contributed by atoms with Gasteiger partial charge in [0, 0.05) is 6.21 Å². The molecular formula is C6H6N2O. The van der Waals surface area contributed by atoms with Crippen molar-refractivity contribution in [1.82, 2.24) is 5.43 Å². The maximum absolute atomic E-state index is 10.1. The molecule has 1 heterocycles. The van der Waals surface area contributed by atoms with Gasteiger partial charge in [0.25, 0.3) is 0 Å². The van der Waals surface area contributed by atoms with Crippen LogP contribution in [0.1, 0.15) is 0 Å². The number of rotatable bonds is 1. The van der Waals surface area contributed by atoms with E-state index < -0.39 is 0 Å². The van der Waals surface area contributed by atoms with Crippen molar-refractivity contribution < 1.29 is 4.79 Å². The second kappa shape index (κ2) is 2.81. The number of hydrazone groups is 1. The average Bonchev–Trinajstić information content (AvgIpc) is 2.13. The fourth-order valence-corrected chi connectivity index (χ4v) is 0.467. The topological polar surface area (TPSA) is 41.5 Å². The molecule has 0 aliphatic carbocycles. The number of carbonyl (C=O) groups is 1. The number of hydrogen-bond donors (Lipinski definition) is 1. The fraction of sp³-hybridized carbons (Fsp3) is 0. The molecule has 46 valence electrons. The van der Waals surface area contributed by atoms with Crippen LogP contribution >= 0.6 is 0 Å². The summed E-state index contributed by atoms with van der Waals surface area (Å²) >= 11 is 0. The number of aldehydes is 1. The highest BCUT2D eigenvalue weighted by Gasteiger charge is 1.88. The zero-order chi connectivity index (χ0) is 6.53. The van der Waals surface area contributed by atoms with E-state index in [0.717, 1.165) is 0 Å². The quantitative estimate of drug-likeness (QED) is 0.505. The third-order valence-corrected chi connectivity index (χ3v) is 0.868. The molecule has 1 N–H and O–H groups in total. The van der Waals surface area contributed by atoms with Gasteiger partial charge in [0.15, 0.2) is 6.29 Å². The Bertz CT molecular complexity index is 191. The van der Waals surface area contributed by atoms with Crippen LogP contribution in [0.3, 0.4) is 0 Å². The first-order chi connectivity index (χ1) is 4.43. The second-order valence-corrected chi connectivity index (χ2v) is 1.51. The first kappa shape index (κ1) is 5.75. The van der Waals surface area contributed by atoms with Gasteiger partial charge in [-0.15, -0.1) is 0 Å². The Morgan fingerprint density at radius 1 is 1.56 bits per heavy atom. The summed E-state index contributed by atoms with van der Waals surface area (Å²) in [4.78, 5) is 10.1. The molecule has 0 unspecified atom stereocenters. The smallest absolute Gasteiger partial charge is 0.167 e. The summed E-state index contributed by atoms with van der Waals surface area (Å²) in [6.07, 6.45) is 7.43. The van der Waals surface area contributed by atoms with Crippen LogP contribution in [0.15, 0.2) is 29.0 Å². The molecule has 0 saturated carbocycles. The van der Waals surface area contributed by atoms with Gasteiger partial charge in [-0.1, -0.05) is 6.08 Å². The normalized spacial score (nSPS) is 15.8. The van der Waals surface area contributed by atoms with E-state index in [1.54, 1.807) is 24.4 Å². The molecule has 0 amide bonds. The van der Waals surface area contributed by atoms with Gasteiger partial charge >= 0.3 is 0 Å². The summed E-state index contributed by atoms with van der Waals surface area (Å²) in [6.45, 7) is 0. The number of nitrogens with one attached hydrogen (secondary N) is 1. The van der Waals surface area contributed by atoms with Crippen molar-refractivity contribution in [2.75, 3.05) is 0 Å². The molecule has 0 atom stereocenters. The fourth-order valence-electron chi connectivity index (χ4n) is 0.467. The van der Waals surface area contributed by atoms with Gasteiger partial charge < -0.3 is 0 Å². The molecule has 1 aliphatic heterocycles. The molecule has 9 heavy (non-hydrogen) atoms. The Labute approximate surface area is 52.8 Å². The minimum Gasteiger partial charge on any atom is -0.296 e. The van der Waals surface area contributed by atoms with E-state index in [2.05, 4.69) is 10.5 Å². The summed E-state index contributed by atoms with van der Waals surface area (Å²) in [5.74, 6) is 0. The van der Waals surface area contributed by atoms with Crippen molar-refractivity contribution in [3.63, 3.8) is 0 Å². The molecule has 3 heteroatoms. The molecule has 0 spiro atoms. The Balaban J connectivity index is 2.73. The zero-order valence-electron chi connectivity index (χ0n) is 4.74. The summed E-state index contributed by atoms with van der Waals surface area (Å²) in [7, 11) is 0. The SMILES string of the molecule is O=CC1=CC=CC=NN1. The van der Waals surface area contributed by atoms with E-state index in [1.165, 1.54) is 0 Å². The standard InChI is InChI=1S/C6H6N2O/c9-5-6-3-1-2-4-7-8-6/h1-5,8H. The van der Waals surface area contributed by atoms with E-state index >= 15 is 0 Å². The summed E-state index contributed by atoms with van der Waals surface area (Å²) in [5, 5.41) is 3.66. The predicted octanol–water partition coefficient (Wildman–Crippen LogP) is 0.214. The monoisotopic (exact) mass is 122 g/mol. The second-order valence-electron chi connectivity index (χ2n) is 1.51. The Morgan fingerprint density at radius 3 is 3.22 bits per heavy atom. The number of carbonyl (C=O) groups excluding carboxylic acids is 1. The third kappa shape index (κ3) is 1.53. The van der Waals surface area contributed by atoms with Gasteiger partial charge in [0.2, 0.25) is 0 Å². The van der Waals surface area contributed by atoms with Crippen LogP contribution in [0, 0.1) is 0 Å². The van der Waals surface area contributed by atoms with Crippen LogP contribution in [-0.4, -0.2) is 12.5 Å². The van der Waals surface area contributed by atoms with Crippen LogP contribution in [0.25, 0.3) is 0 Å². The van der Waals surface area contributed by atoms with Gasteiger partial charge in [-0.3, -0.25) is 10.2 Å². The molecule has 0 fully saturated rings. The van der Waals surface area contributed by atoms with E-state index in [9.17, 15) is 4.79 Å². The van der Waals surface area contributed by atoms with Crippen molar-refractivity contribution in [1.29, 1.82) is 0 Å². The van der Waals surface area contributed by atoms with Gasteiger partial charge in [-0.05, 0) is 12.2 Å². The minimum atomic E-state index is 0.472. The molecular weight excluding hydrogens is 116 g/mol. The molecule has 0 saturated heterocycles. The lowest BCUT2D eigenvalue weighted by Crippen LogP contribution is -2.04. The van der Waals surface area contributed by atoms with Crippen LogP contribution in [0.4, 0.5) is 0 Å². The highest BCUT2D eigenvalue weighted by Crippen LogP contribution is 1.87. The maximum Gasteiger partial charge on any atom is 0.167 e. The van der Waals surface area contributed by atoms with Crippen LogP contribution in [0.5, 0.6) is 0 Å². The van der Waals surface area contributed by atoms with Crippen molar-refractivity contribution in [2.45, 2.75) is 0 Å². The van der Waals surface area contributed by atoms with Crippen molar-refractivity contribution in [3.05, 3.63) is 23.9 Å². The minimum absolute atomic E-state index is 0.472. The Kier molecular flexibility index (Phi) is 1.80. The van der Waals surface area contributed by atoms with Gasteiger partial charge in [-0.25, -0.2) is 0 Å². The molecule has 0 aromatic heterocycles. The lowest BCUT2D eigenvalue weighted by atomic mass is 10.4. The molecule has 0 aromatic rings. The first-order valence-electron chi connectivity index (χ1n) is 2.54. The number of nitrogens with zero attached hydrogens (tertiary/aromatic N) is 1. The molecule has 0 radical (unpaired) electrons. The summed E-state index contributed by atoms with van der Waals surface area (Å²) in [5.41, 5.74) is 3.00. The largest absolute Gasteiger partial charge is 0.296 e. The van der Waals surface area contributed by atoms with Crippen molar-refractivity contribution in [3.8, 4) is 0 Å². The van der Waals surface area contributed by atoms with E-state index in [1.807, 2.05) is 0 Å². The highest BCUT2D eigenvalue weighted by atomic mass is 16.1.